The first-order valence-corrected chi connectivity index (χ1v) is 7.61. The molecule has 0 aliphatic rings. The van der Waals surface area contributed by atoms with Gasteiger partial charge in [-0.25, -0.2) is 0 Å². The van der Waals surface area contributed by atoms with Crippen molar-refractivity contribution in [3.05, 3.63) is 44.6 Å². The molecule has 0 saturated carbocycles. The molecular weight excluding hydrogens is 396 g/mol. The Labute approximate surface area is 146 Å². The predicted molar refractivity (Wildman–Crippen MR) is 80.3 cm³/mol. The van der Waals surface area contributed by atoms with Crippen LogP contribution in [0.5, 0.6) is 5.75 Å². The van der Waals surface area contributed by atoms with Gasteiger partial charge in [0.05, 0.1) is 23.8 Å². The maximum Gasteiger partial charge on any atom is 0.416 e. The van der Waals surface area contributed by atoms with Crippen LogP contribution in [0.4, 0.5) is 32.0 Å². The molecule has 0 saturated heterocycles. The third-order valence-electron chi connectivity index (χ3n) is 3.00. The third-order valence-corrected chi connectivity index (χ3v) is 4.18. The lowest BCUT2D eigenvalue weighted by Crippen LogP contribution is -2.16. The summed E-state index contributed by atoms with van der Waals surface area (Å²) < 4.78 is 81.8. The molecule has 1 aromatic carbocycles. The van der Waals surface area contributed by atoms with Crippen LogP contribution in [-0.4, -0.2) is 13.0 Å². The molecule has 0 unspecified atom stereocenters. The Balaban J connectivity index is 2.43. The number of nitrogens with one attached hydrogen (secondary N) is 1. The maximum absolute atomic E-state index is 12.8. The molecule has 0 aliphatic heterocycles. The summed E-state index contributed by atoms with van der Waals surface area (Å²) in [5, 5.41) is 3.27. The minimum Gasteiger partial charge on any atom is -0.493 e. The van der Waals surface area contributed by atoms with Crippen LogP contribution in [0.2, 0.25) is 4.34 Å². The Kier molecular flexibility index (Phi) is 5.24. The fourth-order valence-electron chi connectivity index (χ4n) is 1.90. The lowest BCUT2D eigenvalue weighted by Gasteiger charge is -2.14. The Morgan fingerprint density at radius 3 is 2.04 bits per heavy atom. The zero-order chi connectivity index (χ0) is 19.0. The summed E-state index contributed by atoms with van der Waals surface area (Å²) in [7, 11) is 1.22. The molecule has 1 N–H and O–H groups in total. The molecule has 3 nitrogen and oxygen atoms in total. The van der Waals surface area contributed by atoms with Crippen molar-refractivity contribution < 1.29 is 35.9 Å². The average Bonchev–Trinajstić information content (AvgIpc) is 2.86. The number of benzene rings is 1. The molecule has 0 radical (unpaired) electrons. The van der Waals surface area contributed by atoms with E-state index in [1.54, 1.807) is 0 Å². The standard InChI is InChI=1S/C14H8ClF6NO2S/c1-24-10-9(5-25-11(10)15)12(23)22-8-3-6(13(16,17)18)2-7(4-8)14(19,20)21/h2-5H,1H3,(H,22,23). The third kappa shape index (κ3) is 4.37. The Morgan fingerprint density at radius 1 is 1.08 bits per heavy atom. The van der Waals surface area contributed by atoms with Gasteiger partial charge in [-0.2, -0.15) is 26.3 Å². The second-order valence-electron chi connectivity index (χ2n) is 4.71. The molecular formula is C14H8ClF6NO2S. The van der Waals surface area contributed by atoms with Gasteiger partial charge >= 0.3 is 12.4 Å². The van der Waals surface area contributed by atoms with E-state index in [2.05, 4.69) is 0 Å². The highest BCUT2D eigenvalue weighted by Crippen LogP contribution is 2.38. The average molecular weight is 404 g/mol. The predicted octanol–water partition coefficient (Wildman–Crippen LogP) is 5.70. The maximum atomic E-state index is 12.8. The van der Waals surface area contributed by atoms with Crippen molar-refractivity contribution in [3.8, 4) is 5.75 Å². The Morgan fingerprint density at radius 2 is 1.60 bits per heavy atom. The monoisotopic (exact) mass is 403 g/mol. The molecule has 0 spiro atoms. The minimum absolute atomic E-state index is 0.0211. The van der Waals surface area contributed by atoms with E-state index in [1.165, 1.54) is 12.5 Å². The number of rotatable bonds is 3. The Bertz CT molecular complexity index is 767. The highest BCUT2D eigenvalue weighted by Gasteiger charge is 2.37. The number of thiophene rings is 1. The smallest absolute Gasteiger partial charge is 0.416 e. The van der Waals surface area contributed by atoms with Crippen LogP contribution < -0.4 is 10.1 Å². The number of hydrogen-bond acceptors (Lipinski definition) is 3. The van der Waals surface area contributed by atoms with E-state index in [9.17, 15) is 31.1 Å². The summed E-state index contributed by atoms with van der Waals surface area (Å²) in [4.78, 5) is 12.1. The van der Waals surface area contributed by atoms with Crippen LogP contribution >= 0.6 is 22.9 Å². The molecule has 1 aromatic heterocycles. The highest BCUT2D eigenvalue weighted by molar-refractivity contribution is 7.15. The van der Waals surface area contributed by atoms with Gasteiger partial charge < -0.3 is 10.1 Å². The number of carbonyl (C=O) groups is 1. The second kappa shape index (κ2) is 6.75. The van der Waals surface area contributed by atoms with Gasteiger partial charge in [0.25, 0.3) is 5.91 Å². The van der Waals surface area contributed by atoms with Crippen molar-refractivity contribution in [2.45, 2.75) is 12.4 Å². The summed E-state index contributed by atoms with van der Waals surface area (Å²) in [5.74, 6) is -0.973. The van der Waals surface area contributed by atoms with E-state index in [0.29, 0.717) is 12.1 Å². The van der Waals surface area contributed by atoms with Crippen molar-refractivity contribution >= 4 is 34.5 Å². The molecule has 0 fully saturated rings. The second-order valence-corrected chi connectivity index (χ2v) is 6.19. The van der Waals surface area contributed by atoms with Crippen LogP contribution in [0.15, 0.2) is 23.6 Å². The molecule has 0 bridgehead atoms. The first-order valence-electron chi connectivity index (χ1n) is 6.35. The van der Waals surface area contributed by atoms with Gasteiger partial charge in [0.1, 0.15) is 4.34 Å². The fraction of sp³-hybridized carbons (Fsp3) is 0.214. The number of hydrogen-bond donors (Lipinski definition) is 1. The highest BCUT2D eigenvalue weighted by atomic mass is 35.5. The van der Waals surface area contributed by atoms with Gasteiger partial charge in [0.2, 0.25) is 0 Å². The number of alkyl halides is 6. The van der Waals surface area contributed by atoms with E-state index >= 15 is 0 Å². The zero-order valence-corrected chi connectivity index (χ0v) is 13.8. The van der Waals surface area contributed by atoms with E-state index in [-0.39, 0.29) is 21.7 Å². The van der Waals surface area contributed by atoms with E-state index in [0.717, 1.165) is 11.3 Å². The van der Waals surface area contributed by atoms with Gasteiger partial charge in [0.15, 0.2) is 5.75 Å². The van der Waals surface area contributed by atoms with Gasteiger partial charge in [-0.15, -0.1) is 11.3 Å². The number of ether oxygens (including phenoxy) is 1. The normalized spacial score (nSPS) is 12.2. The molecule has 1 amide bonds. The van der Waals surface area contributed by atoms with E-state index in [1.807, 2.05) is 5.32 Å². The lowest BCUT2D eigenvalue weighted by molar-refractivity contribution is -0.143. The molecule has 2 aromatic rings. The van der Waals surface area contributed by atoms with Crippen LogP contribution in [0.3, 0.4) is 0 Å². The van der Waals surface area contributed by atoms with Crippen molar-refractivity contribution in [2.75, 3.05) is 12.4 Å². The zero-order valence-electron chi connectivity index (χ0n) is 12.2. The van der Waals surface area contributed by atoms with Crippen LogP contribution in [0, 0.1) is 0 Å². The lowest BCUT2D eigenvalue weighted by atomic mass is 10.1. The van der Waals surface area contributed by atoms with Crippen molar-refractivity contribution in [2.24, 2.45) is 0 Å². The van der Waals surface area contributed by atoms with Crippen molar-refractivity contribution in [1.29, 1.82) is 0 Å². The van der Waals surface area contributed by atoms with Gasteiger partial charge in [-0.1, -0.05) is 11.6 Å². The van der Waals surface area contributed by atoms with Crippen molar-refractivity contribution in [1.82, 2.24) is 0 Å². The number of anilines is 1. The largest absolute Gasteiger partial charge is 0.493 e. The van der Waals surface area contributed by atoms with Gasteiger partial charge in [-0.3, -0.25) is 4.79 Å². The van der Waals surface area contributed by atoms with Crippen molar-refractivity contribution in [3.63, 3.8) is 0 Å². The summed E-state index contributed by atoms with van der Waals surface area (Å²) in [5.41, 5.74) is -3.83. The summed E-state index contributed by atoms with van der Waals surface area (Å²) in [6.07, 6.45) is -10.0. The summed E-state index contributed by atoms with van der Waals surface area (Å²) >= 11 is 6.71. The van der Waals surface area contributed by atoms with Gasteiger partial charge in [0, 0.05) is 11.1 Å². The van der Waals surface area contributed by atoms with Gasteiger partial charge in [-0.05, 0) is 18.2 Å². The number of methoxy groups -OCH3 is 1. The SMILES string of the molecule is COc1c(C(=O)Nc2cc(C(F)(F)F)cc(C(F)(F)F)c2)csc1Cl. The molecule has 2 rings (SSSR count). The van der Waals surface area contributed by atoms with Crippen LogP contribution in [-0.2, 0) is 12.4 Å². The van der Waals surface area contributed by atoms with E-state index < -0.39 is 35.1 Å². The summed E-state index contributed by atoms with van der Waals surface area (Å²) in [6.45, 7) is 0. The molecule has 0 atom stereocenters. The van der Waals surface area contributed by atoms with E-state index in [4.69, 9.17) is 16.3 Å². The number of halogens is 7. The first-order chi connectivity index (χ1) is 11.4. The number of carbonyl (C=O) groups excluding carboxylic acids is 1. The molecule has 25 heavy (non-hydrogen) atoms. The molecule has 1 heterocycles. The molecule has 11 heteroatoms. The summed E-state index contributed by atoms with van der Waals surface area (Å²) in [6, 6.07) is 0.791. The quantitative estimate of drug-likeness (QED) is 0.668. The Hall–Kier alpha value is -1.94. The first kappa shape index (κ1) is 19.4. The number of amides is 1. The fourth-order valence-corrected chi connectivity index (χ4v) is 2.94. The van der Waals surface area contributed by atoms with Crippen LogP contribution in [0.1, 0.15) is 21.5 Å². The molecule has 0 aliphatic carbocycles. The molecule has 136 valence electrons. The topological polar surface area (TPSA) is 38.3 Å². The van der Waals surface area contributed by atoms with Crippen LogP contribution in [0.25, 0.3) is 0 Å². The minimum atomic E-state index is -5.01.